The molecule has 0 bridgehead atoms. The summed E-state index contributed by atoms with van der Waals surface area (Å²) in [7, 11) is 0. The third kappa shape index (κ3) is 3.81. The van der Waals surface area contributed by atoms with Gasteiger partial charge in [0, 0.05) is 44.4 Å². The Bertz CT molecular complexity index is 546. The van der Waals surface area contributed by atoms with Gasteiger partial charge in [0.1, 0.15) is 0 Å². The maximum absolute atomic E-state index is 12.1. The molecule has 0 radical (unpaired) electrons. The van der Waals surface area contributed by atoms with Crippen molar-refractivity contribution in [3.63, 3.8) is 0 Å². The summed E-state index contributed by atoms with van der Waals surface area (Å²) < 4.78 is 0. The fraction of sp³-hybridized carbons (Fsp3) is 0.400. The third-order valence-electron chi connectivity index (χ3n) is 3.55. The number of nitrogens with zero attached hydrogens (tertiary/aromatic N) is 2. The van der Waals surface area contributed by atoms with Crippen molar-refractivity contribution in [2.24, 2.45) is 0 Å². The van der Waals surface area contributed by atoms with Crippen molar-refractivity contribution in [1.29, 1.82) is 0 Å². The Balaban J connectivity index is 1.90. The Morgan fingerprint density at radius 2 is 1.43 bits per heavy atom. The summed E-state index contributed by atoms with van der Waals surface area (Å²) >= 11 is 0. The van der Waals surface area contributed by atoms with Gasteiger partial charge in [-0.2, -0.15) is 0 Å². The molecule has 0 unspecified atom stereocenters. The molecule has 6 heteroatoms. The van der Waals surface area contributed by atoms with Crippen LogP contribution >= 0.6 is 0 Å². The van der Waals surface area contributed by atoms with Crippen molar-refractivity contribution in [2.75, 3.05) is 31.5 Å². The standard InChI is InChI=1S/C15H19N3O3/c1-11(19)13-3-5-14(6-4-13)16-15(21)18-9-7-17(8-10-18)12(2)20/h3-6H,7-10H2,1-2H3,(H,16,21). The van der Waals surface area contributed by atoms with E-state index in [1.54, 1.807) is 34.1 Å². The van der Waals surface area contributed by atoms with Crippen molar-refractivity contribution < 1.29 is 14.4 Å². The Kier molecular flexibility index (Phi) is 4.57. The van der Waals surface area contributed by atoms with Gasteiger partial charge in [-0.1, -0.05) is 0 Å². The molecule has 2 rings (SSSR count). The summed E-state index contributed by atoms with van der Waals surface area (Å²) in [6, 6.07) is 6.60. The lowest BCUT2D eigenvalue weighted by atomic mass is 10.1. The molecule has 3 amide bonds. The van der Waals surface area contributed by atoms with E-state index in [2.05, 4.69) is 5.32 Å². The summed E-state index contributed by atoms with van der Waals surface area (Å²) in [5, 5.41) is 2.79. The van der Waals surface area contributed by atoms with Crippen LogP contribution in [-0.4, -0.2) is 53.7 Å². The van der Waals surface area contributed by atoms with E-state index in [1.807, 2.05) is 0 Å². The Labute approximate surface area is 123 Å². The minimum atomic E-state index is -0.186. The van der Waals surface area contributed by atoms with E-state index < -0.39 is 0 Å². The van der Waals surface area contributed by atoms with E-state index >= 15 is 0 Å². The number of nitrogens with one attached hydrogen (secondary N) is 1. The quantitative estimate of drug-likeness (QED) is 0.840. The molecule has 112 valence electrons. The van der Waals surface area contributed by atoms with Crippen LogP contribution in [0.4, 0.5) is 10.5 Å². The molecule has 1 saturated heterocycles. The number of carbonyl (C=O) groups is 3. The number of ketones is 1. The van der Waals surface area contributed by atoms with Crippen molar-refractivity contribution >= 4 is 23.4 Å². The third-order valence-corrected chi connectivity index (χ3v) is 3.55. The summed E-state index contributed by atoms with van der Waals surface area (Å²) in [5.74, 6) is 0.0307. The van der Waals surface area contributed by atoms with E-state index in [0.717, 1.165) is 0 Å². The normalized spacial score (nSPS) is 14.8. The highest BCUT2D eigenvalue weighted by Crippen LogP contribution is 2.12. The summed E-state index contributed by atoms with van der Waals surface area (Å²) in [6.07, 6.45) is 0. The molecular weight excluding hydrogens is 270 g/mol. The minimum Gasteiger partial charge on any atom is -0.339 e. The highest BCUT2D eigenvalue weighted by atomic mass is 16.2. The second-order valence-electron chi connectivity index (χ2n) is 5.06. The summed E-state index contributed by atoms with van der Waals surface area (Å²) in [6.45, 7) is 5.21. The molecule has 1 N–H and O–H groups in total. The van der Waals surface area contributed by atoms with Crippen molar-refractivity contribution in [3.05, 3.63) is 29.8 Å². The number of anilines is 1. The molecular formula is C15H19N3O3. The predicted octanol–water partition coefficient (Wildman–Crippen LogP) is 1.59. The van der Waals surface area contributed by atoms with E-state index in [9.17, 15) is 14.4 Å². The number of hydrogen-bond acceptors (Lipinski definition) is 3. The Morgan fingerprint density at radius 3 is 1.90 bits per heavy atom. The molecule has 0 spiro atoms. The molecule has 0 atom stereocenters. The lowest BCUT2D eigenvalue weighted by Gasteiger charge is -2.34. The van der Waals surface area contributed by atoms with Gasteiger partial charge in [0.25, 0.3) is 0 Å². The molecule has 1 aliphatic rings. The van der Waals surface area contributed by atoms with Gasteiger partial charge in [0.05, 0.1) is 0 Å². The maximum Gasteiger partial charge on any atom is 0.321 e. The van der Waals surface area contributed by atoms with Gasteiger partial charge < -0.3 is 15.1 Å². The lowest BCUT2D eigenvalue weighted by Crippen LogP contribution is -2.51. The first-order chi connectivity index (χ1) is 9.97. The summed E-state index contributed by atoms with van der Waals surface area (Å²) in [4.78, 5) is 37.9. The molecule has 1 heterocycles. The van der Waals surface area contributed by atoms with E-state index in [1.165, 1.54) is 13.8 Å². The fourth-order valence-corrected chi connectivity index (χ4v) is 2.22. The van der Waals surface area contributed by atoms with Crippen molar-refractivity contribution in [1.82, 2.24) is 9.80 Å². The van der Waals surface area contributed by atoms with E-state index in [0.29, 0.717) is 37.4 Å². The number of rotatable bonds is 2. The van der Waals surface area contributed by atoms with Gasteiger partial charge in [-0.3, -0.25) is 9.59 Å². The average Bonchev–Trinajstić information content (AvgIpc) is 2.47. The van der Waals surface area contributed by atoms with Crippen LogP contribution in [0.25, 0.3) is 0 Å². The molecule has 1 fully saturated rings. The number of hydrogen-bond donors (Lipinski definition) is 1. The van der Waals surface area contributed by atoms with Crippen LogP contribution in [0.3, 0.4) is 0 Å². The second-order valence-corrected chi connectivity index (χ2v) is 5.06. The van der Waals surface area contributed by atoms with Gasteiger partial charge in [-0.05, 0) is 31.2 Å². The molecule has 6 nitrogen and oxygen atoms in total. The van der Waals surface area contributed by atoms with Gasteiger partial charge in [-0.25, -0.2) is 4.79 Å². The first-order valence-electron chi connectivity index (χ1n) is 6.90. The number of Topliss-reactive ketones (excluding diaryl/α,β-unsaturated/α-hetero) is 1. The van der Waals surface area contributed by atoms with Crippen molar-refractivity contribution in [2.45, 2.75) is 13.8 Å². The van der Waals surface area contributed by atoms with Crippen LogP contribution in [0, 0.1) is 0 Å². The number of urea groups is 1. The zero-order chi connectivity index (χ0) is 15.4. The number of piperazine rings is 1. The molecule has 1 aliphatic heterocycles. The topological polar surface area (TPSA) is 69.7 Å². The fourth-order valence-electron chi connectivity index (χ4n) is 2.22. The van der Waals surface area contributed by atoms with E-state index in [4.69, 9.17) is 0 Å². The Hall–Kier alpha value is -2.37. The van der Waals surface area contributed by atoms with Gasteiger partial charge >= 0.3 is 6.03 Å². The van der Waals surface area contributed by atoms with Crippen LogP contribution in [0.1, 0.15) is 24.2 Å². The maximum atomic E-state index is 12.1. The highest BCUT2D eigenvalue weighted by Gasteiger charge is 2.22. The summed E-state index contributed by atoms with van der Waals surface area (Å²) in [5.41, 5.74) is 1.27. The SMILES string of the molecule is CC(=O)c1ccc(NC(=O)N2CCN(C(C)=O)CC2)cc1. The van der Waals surface area contributed by atoms with Crippen LogP contribution < -0.4 is 5.32 Å². The average molecular weight is 289 g/mol. The lowest BCUT2D eigenvalue weighted by molar-refractivity contribution is -0.130. The zero-order valence-electron chi connectivity index (χ0n) is 12.3. The van der Waals surface area contributed by atoms with E-state index in [-0.39, 0.29) is 17.7 Å². The minimum absolute atomic E-state index is 0.00627. The molecule has 1 aromatic rings. The van der Waals surface area contributed by atoms with Crippen molar-refractivity contribution in [3.8, 4) is 0 Å². The van der Waals surface area contributed by atoms with Crippen LogP contribution in [0.15, 0.2) is 24.3 Å². The number of amides is 3. The van der Waals surface area contributed by atoms with Gasteiger partial charge in [0.15, 0.2) is 5.78 Å². The molecule has 0 aromatic heterocycles. The molecule has 0 saturated carbocycles. The second kappa shape index (κ2) is 6.39. The highest BCUT2D eigenvalue weighted by molar-refractivity contribution is 5.95. The van der Waals surface area contributed by atoms with Gasteiger partial charge in [-0.15, -0.1) is 0 Å². The van der Waals surface area contributed by atoms with Crippen LogP contribution in [0.2, 0.25) is 0 Å². The monoisotopic (exact) mass is 289 g/mol. The first kappa shape index (κ1) is 15.0. The smallest absolute Gasteiger partial charge is 0.321 e. The zero-order valence-corrected chi connectivity index (χ0v) is 12.3. The first-order valence-corrected chi connectivity index (χ1v) is 6.90. The van der Waals surface area contributed by atoms with Gasteiger partial charge in [0.2, 0.25) is 5.91 Å². The Morgan fingerprint density at radius 1 is 0.905 bits per heavy atom. The predicted molar refractivity (Wildman–Crippen MR) is 79.3 cm³/mol. The molecule has 0 aliphatic carbocycles. The largest absolute Gasteiger partial charge is 0.339 e. The number of carbonyl (C=O) groups excluding carboxylic acids is 3. The molecule has 1 aromatic carbocycles. The molecule has 21 heavy (non-hydrogen) atoms. The van der Waals surface area contributed by atoms with Crippen LogP contribution in [0.5, 0.6) is 0 Å². The number of benzene rings is 1. The van der Waals surface area contributed by atoms with Crippen LogP contribution in [-0.2, 0) is 4.79 Å².